The van der Waals surface area contributed by atoms with Crippen LogP contribution in [0.4, 0.5) is 0 Å². The zero-order valence-corrected chi connectivity index (χ0v) is 19.5. The summed E-state index contributed by atoms with van der Waals surface area (Å²) in [6.07, 6.45) is 7.50. The van der Waals surface area contributed by atoms with E-state index >= 15 is 0 Å². The van der Waals surface area contributed by atoms with E-state index in [2.05, 4.69) is 26.7 Å². The fourth-order valence-corrected chi connectivity index (χ4v) is 3.32. The summed E-state index contributed by atoms with van der Waals surface area (Å²) in [5.41, 5.74) is 0. The standard InChI is InChI=1S/C20H30N6O2.HI/c1-3-21-20(23-8-4-5-10-24-11-9-22-17(24)2)26-14-12-25(13-15-26)19(27)18-7-6-16-28-18;/h6-7,9,11,16H,3-5,8,10,12-15H2,1-2H3,(H,21,23);1H. The lowest BCUT2D eigenvalue weighted by Gasteiger charge is -2.36. The molecule has 29 heavy (non-hydrogen) atoms. The summed E-state index contributed by atoms with van der Waals surface area (Å²) in [4.78, 5) is 25.5. The van der Waals surface area contributed by atoms with Crippen LogP contribution in [-0.4, -0.2) is 70.5 Å². The number of nitrogens with one attached hydrogen (secondary N) is 1. The molecule has 0 saturated carbocycles. The number of hydrogen-bond donors (Lipinski definition) is 1. The minimum absolute atomic E-state index is 0. The molecule has 1 N–H and O–H groups in total. The lowest BCUT2D eigenvalue weighted by molar-refractivity contribution is 0.0657. The number of amides is 1. The number of hydrogen-bond acceptors (Lipinski definition) is 4. The van der Waals surface area contributed by atoms with Crippen LogP contribution in [-0.2, 0) is 6.54 Å². The number of halogens is 1. The molecule has 160 valence electrons. The van der Waals surface area contributed by atoms with Gasteiger partial charge in [-0.3, -0.25) is 9.79 Å². The first-order valence-corrected chi connectivity index (χ1v) is 10.0. The molecule has 1 aliphatic rings. The summed E-state index contributed by atoms with van der Waals surface area (Å²) in [6, 6.07) is 3.46. The molecular formula is C20H31IN6O2. The number of carbonyl (C=O) groups excluding carboxylic acids is 1. The summed E-state index contributed by atoms with van der Waals surface area (Å²) in [7, 11) is 0. The Kier molecular flexibility index (Phi) is 9.49. The van der Waals surface area contributed by atoms with E-state index in [1.165, 1.54) is 6.26 Å². The highest BCUT2D eigenvalue weighted by molar-refractivity contribution is 14.0. The Bertz CT molecular complexity index is 766. The van der Waals surface area contributed by atoms with Crippen molar-refractivity contribution in [2.24, 2.45) is 4.99 Å². The molecule has 0 atom stereocenters. The second-order valence-electron chi connectivity index (χ2n) is 6.87. The number of carbonyl (C=O) groups is 1. The van der Waals surface area contributed by atoms with Gasteiger partial charge in [0.05, 0.1) is 6.26 Å². The van der Waals surface area contributed by atoms with Crippen LogP contribution in [0.3, 0.4) is 0 Å². The van der Waals surface area contributed by atoms with Gasteiger partial charge in [-0.05, 0) is 38.8 Å². The Morgan fingerprint density at radius 1 is 1.24 bits per heavy atom. The van der Waals surface area contributed by atoms with Crippen molar-refractivity contribution in [3.8, 4) is 0 Å². The van der Waals surface area contributed by atoms with Crippen LogP contribution in [0.5, 0.6) is 0 Å². The lowest BCUT2D eigenvalue weighted by Crippen LogP contribution is -2.53. The Balaban J connectivity index is 0.00000300. The Labute approximate surface area is 189 Å². The minimum Gasteiger partial charge on any atom is -0.459 e. The maximum Gasteiger partial charge on any atom is 0.289 e. The number of guanidine groups is 1. The molecule has 3 heterocycles. The second-order valence-corrected chi connectivity index (χ2v) is 6.87. The quantitative estimate of drug-likeness (QED) is 0.266. The summed E-state index contributed by atoms with van der Waals surface area (Å²) < 4.78 is 7.40. The first-order chi connectivity index (χ1) is 13.7. The molecule has 8 nitrogen and oxygen atoms in total. The number of furan rings is 1. The van der Waals surface area contributed by atoms with Gasteiger partial charge in [0.15, 0.2) is 11.7 Å². The molecule has 1 saturated heterocycles. The van der Waals surface area contributed by atoms with Crippen molar-refractivity contribution in [1.29, 1.82) is 0 Å². The van der Waals surface area contributed by atoms with Crippen molar-refractivity contribution >= 4 is 35.8 Å². The highest BCUT2D eigenvalue weighted by Crippen LogP contribution is 2.10. The third-order valence-corrected chi connectivity index (χ3v) is 4.93. The van der Waals surface area contributed by atoms with E-state index in [1.54, 1.807) is 12.1 Å². The van der Waals surface area contributed by atoms with E-state index in [-0.39, 0.29) is 29.9 Å². The molecule has 0 bridgehead atoms. The predicted octanol–water partition coefficient (Wildman–Crippen LogP) is 2.61. The van der Waals surface area contributed by atoms with Crippen molar-refractivity contribution in [2.45, 2.75) is 33.2 Å². The van der Waals surface area contributed by atoms with Crippen LogP contribution in [0.25, 0.3) is 0 Å². The number of nitrogens with zero attached hydrogens (tertiary/aromatic N) is 5. The second kappa shape index (κ2) is 11.8. The van der Waals surface area contributed by atoms with Gasteiger partial charge in [0, 0.05) is 58.2 Å². The fraction of sp³-hybridized carbons (Fsp3) is 0.550. The van der Waals surface area contributed by atoms with Crippen molar-refractivity contribution in [2.75, 3.05) is 39.3 Å². The van der Waals surface area contributed by atoms with E-state index in [4.69, 9.17) is 9.41 Å². The Morgan fingerprint density at radius 3 is 2.62 bits per heavy atom. The van der Waals surface area contributed by atoms with Gasteiger partial charge < -0.3 is 24.1 Å². The van der Waals surface area contributed by atoms with Crippen LogP contribution in [0.15, 0.2) is 40.2 Å². The van der Waals surface area contributed by atoms with Crippen molar-refractivity contribution in [3.05, 3.63) is 42.4 Å². The summed E-state index contributed by atoms with van der Waals surface area (Å²) in [5, 5.41) is 3.38. The predicted molar refractivity (Wildman–Crippen MR) is 124 cm³/mol. The average Bonchev–Trinajstić information content (AvgIpc) is 3.39. The van der Waals surface area contributed by atoms with Gasteiger partial charge in [-0.1, -0.05) is 0 Å². The first-order valence-electron chi connectivity index (χ1n) is 10.0. The lowest BCUT2D eigenvalue weighted by atomic mass is 10.3. The molecular weight excluding hydrogens is 483 g/mol. The van der Waals surface area contributed by atoms with E-state index in [0.717, 1.165) is 57.3 Å². The minimum atomic E-state index is -0.0404. The molecule has 3 rings (SSSR count). The monoisotopic (exact) mass is 514 g/mol. The number of imidazole rings is 1. The zero-order valence-electron chi connectivity index (χ0n) is 17.2. The molecule has 0 aromatic carbocycles. The highest BCUT2D eigenvalue weighted by atomic mass is 127. The van der Waals surface area contributed by atoms with Gasteiger partial charge in [0.1, 0.15) is 5.82 Å². The third kappa shape index (κ3) is 6.48. The SMILES string of the molecule is CCNC(=NCCCCn1ccnc1C)N1CCN(C(=O)c2ccco2)CC1.I. The Hall–Kier alpha value is -2.04. The van der Waals surface area contributed by atoms with Gasteiger partial charge in [-0.2, -0.15) is 0 Å². The van der Waals surface area contributed by atoms with Gasteiger partial charge in [-0.25, -0.2) is 4.98 Å². The van der Waals surface area contributed by atoms with E-state index in [9.17, 15) is 4.79 Å². The molecule has 1 aliphatic heterocycles. The number of aromatic nitrogens is 2. The van der Waals surface area contributed by atoms with Crippen LogP contribution in [0.1, 0.15) is 36.1 Å². The molecule has 0 aliphatic carbocycles. The van der Waals surface area contributed by atoms with Crippen LogP contribution in [0.2, 0.25) is 0 Å². The number of aryl methyl sites for hydroxylation is 2. The Morgan fingerprint density at radius 2 is 2.00 bits per heavy atom. The smallest absolute Gasteiger partial charge is 0.289 e. The van der Waals surface area contributed by atoms with Gasteiger partial charge in [-0.15, -0.1) is 24.0 Å². The third-order valence-electron chi connectivity index (χ3n) is 4.93. The molecule has 0 spiro atoms. The maximum absolute atomic E-state index is 12.4. The number of unbranched alkanes of at least 4 members (excludes halogenated alkanes) is 1. The fourth-order valence-electron chi connectivity index (χ4n) is 3.32. The van der Waals surface area contributed by atoms with Crippen LogP contribution >= 0.6 is 24.0 Å². The molecule has 2 aromatic rings. The zero-order chi connectivity index (χ0) is 19.8. The van der Waals surface area contributed by atoms with Gasteiger partial charge in [0.25, 0.3) is 5.91 Å². The molecule has 1 amide bonds. The molecule has 9 heteroatoms. The maximum atomic E-state index is 12.4. The first kappa shape index (κ1) is 23.2. The van der Waals surface area contributed by atoms with Gasteiger partial charge in [0.2, 0.25) is 0 Å². The average molecular weight is 514 g/mol. The number of piperazine rings is 1. The van der Waals surface area contributed by atoms with Gasteiger partial charge >= 0.3 is 0 Å². The van der Waals surface area contributed by atoms with Crippen molar-refractivity contribution in [3.63, 3.8) is 0 Å². The van der Waals surface area contributed by atoms with Crippen molar-refractivity contribution in [1.82, 2.24) is 24.7 Å². The topological polar surface area (TPSA) is 78.9 Å². The summed E-state index contributed by atoms with van der Waals surface area (Å²) >= 11 is 0. The summed E-state index contributed by atoms with van der Waals surface area (Å²) in [5.74, 6) is 2.36. The largest absolute Gasteiger partial charge is 0.459 e. The molecule has 0 radical (unpaired) electrons. The van der Waals surface area contributed by atoms with E-state index in [0.29, 0.717) is 18.8 Å². The highest BCUT2D eigenvalue weighted by Gasteiger charge is 2.25. The van der Waals surface area contributed by atoms with Crippen LogP contribution < -0.4 is 5.32 Å². The summed E-state index contributed by atoms with van der Waals surface area (Å²) in [6.45, 7) is 9.59. The van der Waals surface area contributed by atoms with E-state index in [1.807, 2.05) is 24.2 Å². The van der Waals surface area contributed by atoms with Crippen LogP contribution in [0, 0.1) is 6.92 Å². The van der Waals surface area contributed by atoms with E-state index < -0.39 is 0 Å². The van der Waals surface area contributed by atoms with Crippen molar-refractivity contribution < 1.29 is 9.21 Å². The molecule has 1 fully saturated rings. The molecule has 0 unspecified atom stereocenters. The number of aliphatic imine (C=N–C) groups is 1. The number of rotatable bonds is 7. The molecule has 2 aromatic heterocycles. The normalized spacial score (nSPS) is 14.6.